The number of fused-ring (bicyclic) bond motifs is 1. The molecule has 2 amide bonds. The Hall–Kier alpha value is -3.25. The number of rotatable bonds is 10. The van der Waals surface area contributed by atoms with Crippen molar-refractivity contribution in [2.75, 3.05) is 19.8 Å². The van der Waals surface area contributed by atoms with Crippen LogP contribution >= 0.6 is 11.8 Å². The van der Waals surface area contributed by atoms with Gasteiger partial charge in [-0.25, -0.2) is 0 Å². The van der Waals surface area contributed by atoms with Crippen LogP contribution in [0.2, 0.25) is 0 Å². The molecule has 0 saturated carbocycles. The molecule has 6 heteroatoms. The van der Waals surface area contributed by atoms with Gasteiger partial charge in [-0.15, -0.1) is 0 Å². The number of carbonyl (C=O) groups is 2. The molecule has 4 rings (SSSR count). The quantitative estimate of drug-likeness (QED) is 0.211. The SMILES string of the molecule is CCCCOc1ccc2ccccc2c1/C=C1\SC(=O)N(CCOc2cc(C)ccc2C(C)C)C1=O. The fourth-order valence-corrected chi connectivity index (χ4v) is 5.04. The third-order valence-corrected chi connectivity index (χ3v) is 7.11. The molecule has 0 radical (unpaired) electrons. The van der Waals surface area contributed by atoms with Crippen LogP contribution in [0.25, 0.3) is 16.8 Å². The third kappa shape index (κ3) is 5.76. The Bertz CT molecular complexity index is 1300. The molecule has 5 nitrogen and oxygen atoms in total. The molecule has 1 heterocycles. The minimum absolute atomic E-state index is 0.197. The first-order valence-electron chi connectivity index (χ1n) is 12.5. The summed E-state index contributed by atoms with van der Waals surface area (Å²) in [6.07, 6.45) is 3.78. The predicted molar refractivity (Wildman–Crippen MR) is 148 cm³/mol. The van der Waals surface area contributed by atoms with Gasteiger partial charge in [0.1, 0.15) is 18.1 Å². The summed E-state index contributed by atoms with van der Waals surface area (Å²) in [6, 6.07) is 18.1. The first kappa shape index (κ1) is 25.8. The van der Waals surface area contributed by atoms with Crippen LogP contribution in [0.5, 0.6) is 11.5 Å². The first-order valence-corrected chi connectivity index (χ1v) is 13.3. The van der Waals surface area contributed by atoms with Gasteiger partial charge in [0.15, 0.2) is 0 Å². The molecule has 0 N–H and O–H groups in total. The van der Waals surface area contributed by atoms with E-state index in [-0.39, 0.29) is 24.3 Å². The topological polar surface area (TPSA) is 55.8 Å². The fourth-order valence-electron chi connectivity index (χ4n) is 4.19. The highest BCUT2D eigenvalue weighted by atomic mass is 32.2. The van der Waals surface area contributed by atoms with Crippen molar-refractivity contribution < 1.29 is 19.1 Å². The van der Waals surface area contributed by atoms with Gasteiger partial charge < -0.3 is 9.47 Å². The lowest BCUT2D eigenvalue weighted by Gasteiger charge is -2.17. The van der Waals surface area contributed by atoms with E-state index in [1.54, 1.807) is 6.08 Å². The van der Waals surface area contributed by atoms with Crippen LogP contribution in [-0.4, -0.2) is 35.8 Å². The molecule has 0 bridgehead atoms. The van der Waals surface area contributed by atoms with Gasteiger partial charge in [-0.3, -0.25) is 14.5 Å². The summed E-state index contributed by atoms with van der Waals surface area (Å²) in [4.78, 5) is 27.6. The first-order chi connectivity index (χ1) is 17.4. The van der Waals surface area contributed by atoms with E-state index in [1.807, 2.05) is 49.4 Å². The highest BCUT2D eigenvalue weighted by Crippen LogP contribution is 2.37. The van der Waals surface area contributed by atoms with Crippen LogP contribution in [-0.2, 0) is 4.79 Å². The van der Waals surface area contributed by atoms with Gasteiger partial charge in [0.2, 0.25) is 0 Å². The Balaban J connectivity index is 1.54. The van der Waals surface area contributed by atoms with Gasteiger partial charge in [-0.1, -0.05) is 69.7 Å². The van der Waals surface area contributed by atoms with Crippen molar-refractivity contribution in [3.05, 3.63) is 76.2 Å². The van der Waals surface area contributed by atoms with Crippen molar-refractivity contribution in [3.63, 3.8) is 0 Å². The summed E-state index contributed by atoms with van der Waals surface area (Å²) in [6.45, 7) is 9.42. The number of hydrogen-bond donors (Lipinski definition) is 0. The summed E-state index contributed by atoms with van der Waals surface area (Å²) in [7, 11) is 0. The molecule has 36 heavy (non-hydrogen) atoms. The van der Waals surface area contributed by atoms with E-state index in [0.717, 1.165) is 63.6 Å². The summed E-state index contributed by atoms with van der Waals surface area (Å²) in [5.41, 5.74) is 3.05. The van der Waals surface area contributed by atoms with Crippen LogP contribution in [0, 0.1) is 6.92 Å². The van der Waals surface area contributed by atoms with Crippen LogP contribution in [0.15, 0.2) is 59.5 Å². The average molecular weight is 504 g/mol. The van der Waals surface area contributed by atoms with Crippen molar-refractivity contribution in [3.8, 4) is 11.5 Å². The van der Waals surface area contributed by atoms with Gasteiger partial charge >= 0.3 is 0 Å². The second-order valence-corrected chi connectivity index (χ2v) is 10.3. The van der Waals surface area contributed by atoms with Gasteiger partial charge in [-0.2, -0.15) is 0 Å². The largest absolute Gasteiger partial charge is 0.493 e. The molecule has 0 spiro atoms. The summed E-state index contributed by atoms with van der Waals surface area (Å²) in [5, 5.41) is 1.76. The number of thioether (sulfide) groups is 1. The van der Waals surface area contributed by atoms with Crippen LogP contribution in [0.1, 0.15) is 56.2 Å². The van der Waals surface area contributed by atoms with Crippen LogP contribution in [0.4, 0.5) is 4.79 Å². The lowest BCUT2D eigenvalue weighted by atomic mass is 10.0. The van der Waals surface area contributed by atoms with E-state index < -0.39 is 0 Å². The lowest BCUT2D eigenvalue weighted by molar-refractivity contribution is -0.123. The van der Waals surface area contributed by atoms with E-state index in [1.165, 1.54) is 4.90 Å². The fraction of sp³-hybridized carbons (Fsp3) is 0.333. The number of aryl methyl sites for hydroxylation is 1. The zero-order valence-electron chi connectivity index (χ0n) is 21.4. The average Bonchev–Trinajstić information content (AvgIpc) is 3.12. The molecule has 3 aromatic carbocycles. The second-order valence-electron chi connectivity index (χ2n) is 9.28. The standard InChI is InChI=1S/C30H33NO4S/c1-5-6-16-34-26-14-12-22-9-7-8-10-24(22)25(26)19-28-29(32)31(30(33)36-28)15-17-35-27-18-21(4)11-13-23(27)20(2)3/h7-14,18-20H,5-6,15-17H2,1-4H3/b28-19-. The van der Waals surface area contributed by atoms with Crippen molar-refractivity contribution >= 4 is 39.8 Å². The summed E-state index contributed by atoms with van der Waals surface area (Å²) < 4.78 is 12.1. The molecule has 1 saturated heterocycles. The van der Waals surface area contributed by atoms with E-state index in [4.69, 9.17) is 9.47 Å². The molecule has 1 aliphatic rings. The van der Waals surface area contributed by atoms with E-state index in [9.17, 15) is 9.59 Å². The highest BCUT2D eigenvalue weighted by Gasteiger charge is 2.35. The Morgan fingerprint density at radius 1 is 0.972 bits per heavy atom. The van der Waals surface area contributed by atoms with Gasteiger partial charge in [0, 0.05) is 5.56 Å². The zero-order chi connectivity index (χ0) is 25.7. The minimum atomic E-state index is -0.297. The maximum atomic E-state index is 13.2. The third-order valence-electron chi connectivity index (χ3n) is 6.20. The highest BCUT2D eigenvalue weighted by molar-refractivity contribution is 8.18. The lowest BCUT2D eigenvalue weighted by Crippen LogP contribution is -2.32. The zero-order valence-corrected chi connectivity index (χ0v) is 22.2. The van der Waals surface area contributed by atoms with Crippen LogP contribution in [0.3, 0.4) is 0 Å². The van der Waals surface area contributed by atoms with E-state index in [2.05, 4.69) is 32.9 Å². The molecule has 0 unspecified atom stereocenters. The molecular formula is C30H33NO4S. The Kier molecular flexibility index (Phi) is 8.36. The number of ether oxygens (including phenoxy) is 2. The normalized spacial score (nSPS) is 14.9. The number of benzene rings is 3. The number of amides is 2. The Morgan fingerprint density at radius 2 is 1.75 bits per heavy atom. The maximum Gasteiger partial charge on any atom is 0.293 e. The molecule has 188 valence electrons. The number of hydrogen-bond acceptors (Lipinski definition) is 5. The molecule has 0 aromatic heterocycles. The number of imide groups is 1. The molecule has 3 aromatic rings. The maximum absolute atomic E-state index is 13.2. The molecule has 0 aliphatic carbocycles. The second kappa shape index (κ2) is 11.7. The molecular weight excluding hydrogens is 470 g/mol. The van der Waals surface area contributed by atoms with E-state index >= 15 is 0 Å². The van der Waals surface area contributed by atoms with Crippen molar-refractivity contribution in [2.24, 2.45) is 0 Å². The Labute approximate surface area is 217 Å². The van der Waals surface area contributed by atoms with Crippen molar-refractivity contribution in [1.29, 1.82) is 0 Å². The van der Waals surface area contributed by atoms with Crippen molar-refractivity contribution in [1.82, 2.24) is 4.90 Å². The molecule has 1 aliphatic heterocycles. The van der Waals surface area contributed by atoms with Gasteiger partial charge in [-0.05, 0) is 71.1 Å². The van der Waals surface area contributed by atoms with Crippen molar-refractivity contribution in [2.45, 2.75) is 46.5 Å². The van der Waals surface area contributed by atoms with E-state index in [0.29, 0.717) is 17.4 Å². The van der Waals surface area contributed by atoms with Crippen LogP contribution < -0.4 is 9.47 Å². The molecule has 0 atom stereocenters. The number of nitrogens with zero attached hydrogens (tertiary/aromatic N) is 1. The molecule has 1 fully saturated rings. The number of unbranched alkanes of at least 4 members (excludes halogenated alkanes) is 1. The Morgan fingerprint density at radius 3 is 2.53 bits per heavy atom. The van der Waals surface area contributed by atoms with Gasteiger partial charge in [0.05, 0.1) is 18.1 Å². The minimum Gasteiger partial charge on any atom is -0.493 e. The summed E-state index contributed by atoms with van der Waals surface area (Å²) >= 11 is 0.966. The monoisotopic (exact) mass is 503 g/mol. The predicted octanol–water partition coefficient (Wildman–Crippen LogP) is 7.57. The smallest absolute Gasteiger partial charge is 0.293 e. The number of carbonyl (C=O) groups excluding carboxylic acids is 2. The summed E-state index contributed by atoms with van der Waals surface area (Å²) in [5.74, 6) is 1.54. The van der Waals surface area contributed by atoms with Gasteiger partial charge in [0.25, 0.3) is 11.1 Å².